The second-order valence-electron chi connectivity index (χ2n) is 8.27. The second-order valence-corrected chi connectivity index (χ2v) is 8.27. The van der Waals surface area contributed by atoms with Gasteiger partial charge in [-0.2, -0.15) is 0 Å². The van der Waals surface area contributed by atoms with E-state index >= 15 is 0 Å². The molecule has 0 unspecified atom stereocenters. The highest BCUT2D eigenvalue weighted by Crippen LogP contribution is 2.30. The summed E-state index contributed by atoms with van der Waals surface area (Å²) in [6.07, 6.45) is 0. The predicted octanol–water partition coefficient (Wildman–Crippen LogP) is 3.28. The molecule has 0 atom stereocenters. The summed E-state index contributed by atoms with van der Waals surface area (Å²) in [6, 6.07) is 13.1. The summed E-state index contributed by atoms with van der Waals surface area (Å²) < 4.78 is 10.5. The van der Waals surface area contributed by atoms with Gasteiger partial charge in [-0.1, -0.05) is 51.1 Å². The zero-order valence-electron chi connectivity index (χ0n) is 18.7. The summed E-state index contributed by atoms with van der Waals surface area (Å²) >= 11 is 0. The Hall–Kier alpha value is -3.35. The van der Waals surface area contributed by atoms with Crippen LogP contribution in [0.3, 0.4) is 0 Å². The molecule has 0 spiro atoms. The van der Waals surface area contributed by atoms with Gasteiger partial charge in [-0.25, -0.2) is 4.79 Å². The van der Waals surface area contributed by atoms with Crippen LogP contribution in [0.5, 0.6) is 5.75 Å². The first-order valence-corrected chi connectivity index (χ1v) is 10.1. The van der Waals surface area contributed by atoms with Gasteiger partial charge in [0.05, 0.1) is 6.54 Å². The molecule has 2 amide bonds. The highest BCUT2D eigenvalue weighted by molar-refractivity contribution is 5.95. The molecule has 166 valence electrons. The van der Waals surface area contributed by atoms with Crippen molar-refractivity contribution in [3.63, 3.8) is 0 Å². The SMILES string of the molecule is Cc1cccc(NC(=O)CNC(=O)COC(=O)COc2ccccc2C(C)(C)C)c1C. The molecule has 0 aliphatic carbocycles. The zero-order valence-corrected chi connectivity index (χ0v) is 18.7. The molecule has 0 saturated heterocycles. The molecule has 2 rings (SSSR count). The van der Waals surface area contributed by atoms with Gasteiger partial charge in [0.1, 0.15) is 5.75 Å². The van der Waals surface area contributed by atoms with E-state index in [4.69, 9.17) is 9.47 Å². The summed E-state index contributed by atoms with van der Waals surface area (Å²) in [7, 11) is 0. The number of hydrogen-bond acceptors (Lipinski definition) is 5. The average Bonchev–Trinajstić information content (AvgIpc) is 2.72. The fourth-order valence-corrected chi connectivity index (χ4v) is 2.85. The highest BCUT2D eigenvalue weighted by atomic mass is 16.6. The number of hydrogen-bond donors (Lipinski definition) is 2. The molecule has 0 aromatic heterocycles. The molecular formula is C24H30N2O5. The van der Waals surface area contributed by atoms with E-state index in [0.29, 0.717) is 11.4 Å². The van der Waals surface area contributed by atoms with Crippen LogP contribution >= 0.6 is 0 Å². The predicted molar refractivity (Wildman–Crippen MR) is 119 cm³/mol. The Morgan fingerprint density at radius 2 is 1.61 bits per heavy atom. The Morgan fingerprint density at radius 1 is 0.903 bits per heavy atom. The van der Waals surface area contributed by atoms with Crippen molar-refractivity contribution in [3.8, 4) is 5.75 Å². The first kappa shape index (κ1) is 23.9. The van der Waals surface area contributed by atoms with Crippen molar-refractivity contribution in [1.82, 2.24) is 5.32 Å². The summed E-state index contributed by atoms with van der Waals surface area (Å²) in [5, 5.41) is 5.17. The maximum Gasteiger partial charge on any atom is 0.344 e. The normalized spacial score (nSPS) is 10.9. The van der Waals surface area contributed by atoms with Gasteiger partial charge in [0.2, 0.25) is 5.91 Å². The third-order valence-corrected chi connectivity index (χ3v) is 4.73. The molecular weight excluding hydrogens is 396 g/mol. The number of ether oxygens (including phenoxy) is 2. The fourth-order valence-electron chi connectivity index (χ4n) is 2.85. The van der Waals surface area contributed by atoms with Crippen molar-refractivity contribution in [2.45, 2.75) is 40.0 Å². The van der Waals surface area contributed by atoms with E-state index in [-0.39, 0.29) is 24.5 Å². The topological polar surface area (TPSA) is 93.7 Å². The Balaban J connectivity index is 1.73. The number of aryl methyl sites for hydroxylation is 1. The molecule has 0 saturated carbocycles. The van der Waals surface area contributed by atoms with Crippen LogP contribution in [0.25, 0.3) is 0 Å². The number of nitrogens with one attached hydrogen (secondary N) is 2. The number of para-hydroxylation sites is 1. The van der Waals surface area contributed by atoms with Crippen LogP contribution in [0.4, 0.5) is 5.69 Å². The number of carbonyl (C=O) groups is 3. The molecule has 0 aliphatic heterocycles. The number of rotatable bonds is 8. The summed E-state index contributed by atoms with van der Waals surface area (Å²) in [4.78, 5) is 35.8. The maximum atomic E-state index is 12.0. The summed E-state index contributed by atoms with van der Waals surface area (Å²) in [6.45, 7) is 8.99. The standard InChI is InChI=1S/C24H30N2O5/c1-16-9-8-11-19(17(16)2)26-21(27)13-25-22(28)14-31-23(29)15-30-20-12-7-6-10-18(20)24(3,4)5/h6-12H,13-15H2,1-5H3,(H,25,28)(H,26,27). The fraction of sp³-hybridized carbons (Fsp3) is 0.375. The lowest BCUT2D eigenvalue weighted by atomic mass is 9.86. The molecule has 0 radical (unpaired) electrons. The van der Waals surface area contributed by atoms with Gasteiger partial charge in [-0.3, -0.25) is 9.59 Å². The number of anilines is 1. The van der Waals surface area contributed by atoms with Crippen LogP contribution in [0, 0.1) is 13.8 Å². The molecule has 0 aliphatic rings. The largest absolute Gasteiger partial charge is 0.482 e. The van der Waals surface area contributed by atoms with Crippen LogP contribution < -0.4 is 15.4 Å². The van der Waals surface area contributed by atoms with Gasteiger partial charge in [0.25, 0.3) is 5.91 Å². The van der Waals surface area contributed by atoms with E-state index in [1.807, 2.05) is 65.0 Å². The number of amides is 2. The third kappa shape index (κ3) is 7.44. The third-order valence-electron chi connectivity index (χ3n) is 4.73. The van der Waals surface area contributed by atoms with E-state index < -0.39 is 18.5 Å². The highest BCUT2D eigenvalue weighted by Gasteiger charge is 2.19. The van der Waals surface area contributed by atoms with Crippen LogP contribution in [0.15, 0.2) is 42.5 Å². The number of carbonyl (C=O) groups excluding carboxylic acids is 3. The molecule has 7 nitrogen and oxygen atoms in total. The van der Waals surface area contributed by atoms with Gasteiger partial charge in [-0.05, 0) is 48.1 Å². The molecule has 2 aromatic rings. The van der Waals surface area contributed by atoms with E-state index in [1.54, 1.807) is 12.1 Å². The van der Waals surface area contributed by atoms with Gasteiger partial charge in [0.15, 0.2) is 13.2 Å². The molecule has 31 heavy (non-hydrogen) atoms. The molecule has 0 fully saturated rings. The van der Waals surface area contributed by atoms with E-state index in [1.165, 1.54) is 0 Å². The van der Waals surface area contributed by atoms with E-state index in [2.05, 4.69) is 10.6 Å². The van der Waals surface area contributed by atoms with Crippen LogP contribution in [0.2, 0.25) is 0 Å². The minimum atomic E-state index is -0.668. The Labute approximate surface area is 183 Å². The van der Waals surface area contributed by atoms with Crippen molar-refractivity contribution >= 4 is 23.5 Å². The van der Waals surface area contributed by atoms with Crippen LogP contribution in [0.1, 0.15) is 37.5 Å². The van der Waals surface area contributed by atoms with Gasteiger partial charge in [-0.15, -0.1) is 0 Å². The Kier molecular flexibility index (Phi) is 8.19. The molecule has 2 aromatic carbocycles. The summed E-state index contributed by atoms with van der Waals surface area (Å²) in [5.41, 5.74) is 3.54. The molecule has 7 heteroatoms. The monoisotopic (exact) mass is 426 g/mol. The zero-order chi connectivity index (χ0) is 23.0. The van der Waals surface area contributed by atoms with Crippen molar-refractivity contribution in [2.24, 2.45) is 0 Å². The smallest absolute Gasteiger partial charge is 0.344 e. The van der Waals surface area contributed by atoms with Gasteiger partial charge < -0.3 is 20.1 Å². The first-order valence-electron chi connectivity index (χ1n) is 10.1. The van der Waals surface area contributed by atoms with Gasteiger partial charge in [0, 0.05) is 5.69 Å². The number of esters is 1. The molecule has 0 heterocycles. The summed E-state index contributed by atoms with van der Waals surface area (Å²) in [5.74, 6) is -1.01. The average molecular weight is 427 g/mol. The van der Waals surface area contributed by atoms with Crippen molar-refractivity contribution in [3.05, 3.63) is 59.2 Å². The number of benzene rings is 2. The minimum absolute atomic E-state index is 0.141. The van der Waals surface area contributed by atoms with Crippen molar-refractivity contribution < 1.29 is 23.9 Å². The second kappa shape index (κ2) is 10.6. The maximum absolute atomic E-state index is 12.0. The lowest BCUT2D eigenvalue weighted by Crippen LogP contribution is -2.36. The Bertz CT molecular complexity index is 947. The lowest BCUT2D eigenvalue weighted by molar-refractivity contribution is -0.150. The molecule has 0 bridgehead atoms. The van der Waals surface area contributed by atoms with E-state index in [9.17, 15) is 14.4 Å². The van der Waals surface area contributed by atoms with Crippen LogP contribution in [-0.4, -0.2) is 37.5 Å². The minimum Gasteiger partial charge on any atom is -0.482 e. The quantitative estimate of drug-likeness (QED) is 0.632. The van der Waals surface area contributed by atoms with Crippen LogP contribution in [-0.2, 0) is 24.5 Å². The van der Waals surface area contributed by atoms with Gasteiger partial charge >= 0.3 is 5.97 Å². The van der Waals surface area contributed by atoms with E-state index in [0.717, 1.165) is 16.7 Å². The lowest BCUT2D eigenvalue weighted by Gasteiger charge is -2.22. The first-order chi connectivity index (χ1) is 14.6. The Morgan fingerprint density at radius 3 is 2.32 bits per heavy atom. The molecule has 2 N–H and O–H groups in total. The van der Waals surface area contributed by atoms with Crippen molar-refractivity contribution in [1.29, 1.82) is 0 Å². The van der Waals surface area contributed by atoms with Crippen molar-refractivity contribution in [2.75, 3.05) is 25.1 Å².